The fourth-order valence-corrected chi connectivity index (χ4v) is 1.68. The molecular formula is C14H8Cl2CuO6. The Bertz CT molecular complexity index is 659. The summed E-state index contributed by atoms with van der Waals surface area (Å²) in [6.07, 6.45) is 0. The van der Waals surface area contributed by atoms with Gasteiger partial charge in [0, 0.05) is 10.0 Å². The van der Waals surface area contributed by atoms with Gasteiger partial charge in [0.05, 0.1) is 11.1 Å². The largest absolute Gasteiger partial charge is 2.00 e. The third-order valence-electron chi connectivity index (χ3n) is 2.34. The normalized spacial score (nSPS) is 9.13. The van der Waals surface area contributed by atoms with Crippen molar-refractivity contribution in [2.75, 3.05) is 0 Å². The van der Waals surface area contributed by atoms with Crippen LogP contribution < -0.4 is 10.2 Å². The molecule has 125 valence electrons. The first-order valence-corrected chi connectivity index (χ1v) is 6.37. The van der Waals surface area contributed by atoms with Crippen LogP contribution in [0.25, 0.3) is 0 Å². The molecule has 0 saturated carbocycles. The SMILES string of the molecule is O=C(O)c1cc(Cl)ccc1[O-].O=C(O)c1cc(Cl)ccc1[O-].[Cu+2]. The average molecular weight is 407 g/mol. The molecule has 0 heterocycles. The van der Waals surface area contributed by atoms with E-state index in [1.54, 1.807) is 0 Å². The van der Waals surface area contributed by atoms with E-state index in [0.717, 1.165) is 24.3 Å². The minimum atomic E-state index is -1.25. The minimum Gasteiger partial charge on any atom is -0.872 e. The summed E-state index contributed by atoms with van der Waals surface area (Å²) < 4.78 is 0. The molecule has 9 heteroatoms. The number of carboxylic acid groups (broad SMARTS) is 2. The summed E-state index contributed by atoms with van der Waals surface area (Å²) in [4.78, 5) is 20.6. The molecule has 1 radical (unpaired) electrons. The summed E-state index contributed by atoms with van der Waals surface area (Å²) in [5.41, 5.74) is -0.588. The molecule has 2 aromatic rings. The molecule has 2 aromatic carbocycles. The summed E-state index contributed by atoms with van der Waals surface area (Å²) in [5.74, 6) is -3.56. The molecule has 6 nitrogen and oxygen atoms in total. The number of hydrogen-bond donors (Lipinski definition) is 2. The molecule has 2 rings (SSSR count). The molecule has 0 unspecified atom stereocenters. The van der Waals surface area contributed by atoms with Crippen molar-refractivity contribution in [3.8, 4) is 11.5 Å². The first-order chi connectivity index (χ1) is 10.2. The monoisotopic (exact) mass is 405 g/mol. The molecule has 0 aromatic heterocycles. The maximum atomic E-state index is 10.8. The number of carboxylic acids is 2. The number of halogens is 2. The molecule has 0 saturated heterocycles. The second kappa shape index (κ2) is 9.27. The van der Waals surface area contributed by atoms with Crippen molar-refractivity contribution in [3.05, 3.63) is 57.6 Å². The zero-order chi connectivity index (χ0) is 16.9. The summed E-state index contributed by atoms with van der Waals surface area (Å²) in [5, 5.41) is 38.9. The van der Waals surface area contributed by atoms with Gasteiger partial charge >= 0.3 is 29.0 Å². The van der Waals surface area contributed by atoms with Crippen LogP contribution in [-0.2, 0) is 17.1 Å². The van der Waals surface area contributed by atoms with Gasteiger partial charge < -0.3 is 20.4 Å². The molecule has 0 amide bonds. The van der Waals surface area contributed by atoms with E-state index in [1.165, 1.54) is 12.1 Å². The fourth-order valence-electron chi connectivity index (χ4n) is 1.34. The van der Waals surface area contributed by atoms with Crippen LogP contribution in [0, 0.1) is 0 Å². The number of hydrogen-bond acceptors (Lipinski definition) is 4. The van der Waals surface area contributed by atoms with E-state index >= 15 is 0 Å². The quantitative estimate of drug-likeness (QED) is 0.738. The van der Waals surface area contributed by atoms with Gasteiger partial charge in [-0.3, -0.25) is 0 Å². The third-order valence-corrected chi connectivity index (χ3v) is 2.81. The molecule has 2 N–H and O–H groups in total. The average Bonchev–Trinajstić information content (AvgIpc) is 2.44. The summed E-state index contributed by atoms with van der Waals surface area (Å²) in [6, 6.07) is 7.24. The van der Waals surface area contributed by atoms with E-state index in [4.69, 9.17) is 33.4 Å². The van der Waals surface area contributed by atoms with Crippen LogP contribution in [0.4, 0.5) is 0 Å². The van der Waals surface area contributed by atoms with Gasteiger partial charge in [0.1, 0.15) is 0 Å². The van der Waals surface area contributed by atoms with Gasteiger partial charge in [-0.05, 0) is 24.3 Å². The molecule has 0 aliphatic heterocycles. The van der Waals surface area contributed by atoms with Crippen molar-refractivity contribution in [3.63, 3.8) is 0 Å². The van der Waals surface area contributed by atoms with Crippen LogP contribution in [0.15, 0.2) is 36.4 Å². The van der Waals surface area contributed by atoms with Gasteiger partial charge in [0.25, 0.3) is 0 Å². The second-order valence-electron chi connectivity index (χ2n) is 3.89. The predicted molar refractivity (Wildman–Crippen MR) is 75.7 cm³/mol. The zero-order valence-corrected chi connectivity index (χ0v) is 13.5. The van der Waals surface area contributed by atoms with Gasteiger partial charge in [-0.2, -0.15) is 0 Å². The van der Waals surface area contributed by atoms with Crippen molar-refractivity contribution in [2.45, 2.75) is 0 Å². The Morgan fingerprint density at radius 2 is 1.09 bits per heavy atom. The Morgan fingerprint density at radius 1 is 0.783 bits per heavy atom. The predicted octanol–water partition coefficient (Wildman–Crippen LogP) is 2.22. The van der Waals surface area contributed by atoms with Crippen molar-refractivity contribution < 1.29 is 47.1 Å². The third kappa shape index (κ3) is 6.38. The van der Waals surface area contributed by atoms with Crippen molar-refractivity contribution in [1.29, 1.82) is 0 Å². The van der Waals surface area contributed by atoms with Gasteiger partial charge in [-0.1, -0.05) is 46.8 Å². The van der Waals surface area contributed by atoms with E-state index in [-0.39, 0.29) is 38.2 Å². The van der Waals surface area contributed by atoms with Crippen molar-refractivity contribution in [2.24, 2.45) is 0 Å². The molecule has 23 heavy (non-hydrogen) atoms. The van der Waals surface area contributed by atoms with Crippen LogP contribution in [0.2, 0.25) is 10.0 Å². The number of aromatic carboxylic acids is 2. The van der Waals surface area contributed by atoms with Crippen LogP contribution in [0.5, 0.6) is 11.5 Å². The summed E-state index contributed by atoms with van der Waals surface area (Å²) in [7, 11) is 0. The van der Waals surface area contributed by atoms with E-state index in [2.05, 4.69) is 0 Å². The Kier molecular flexibility index (Phi) is 8.50. The van der Waals surface area contributed by atoms with Crippen LogP contribution >= 0.6 is 23.2 Å². The first-order valence-electron chi connectivity index (χ1n) is 5.62. The zero-order valence-electron chi connectivity index (χ0n) is 11.0. The van der Waals surface area contributed by atoms with Gasteiger partial charge in [0.15, 0.2) is 0 Å². The Balaban J connectivity index is 0.000000403. The second-order valence-corrected chi connectivity index (χ2v) is 4.76. The maximum Gasteiger partial charge on any atom is 2.00 e. The maximum absolute atomic E-state index is 10.8. The smallest absolute Gasteiger partial charge is 0.872 e. The van der Waals surface area contributed by atoms with Crippen LogP contribution in [-0.4, -0.2) is 22.2 Å². The molecule has 0 aliphatic carbocycles. The standard InChI is InChI=1S/2C7H5ClO3.Cu/c2*8-4-1-2-6(9)5(3-4)7(10)11;/h2*1-3,9H,(H,10,11);/q;;+2/p-2. The van der Waals surface area contributed by atoms with Crippen LogP contribution in [0.3, 0.4) is 0 Å². The summed E-state index contributed by atoms with van der Waals surface area (Å²) >= 11 is 10.9. The van der Waals surface area contributed by atoms with E-state index < -0.39 is 23.4 Å². The molecule has 0 atom stereocenters. The van der Waals surface area contributed by atoms with E-state index in [9.17, 15) is 19.8 Å². The Morgan fingerprint density at radius 3 is 1.30 bits per heavy atom. The molecule has 0 bridgehead atoms. The van der Waals surface area contributed by atoms with Crippen molar-refractivity contribution >= 4 is 35.1 Å². The molecular weight excluding hydrogens is 399 g/mol. The van der Waals surface area contributed by atoms with Gasteiger partial charge in [-0.25, -0.2) is 9.59 Å². The van der Waals surface area contributed by atoms with E-state index in [1.807, 2.05) is 0 Å². The van der Waals surface area contributed by atoms with Gasteiger partial charge in [-0.15, -0.1) is 0 Å². The number of carbonyl (C=O) groups is 2. The Hall–Kier alpha value is -1.92. The molecule has 0 fully saturated rings. The van der Waals surface area contributed by atoms with Crippen molar-refractivity contribution in [1.82, 2.24) is 0 Å². The first kappa shape index (κ1) is 21.1. The minimum absolute atomic E-state index is 0. The van der Waals surface area contributed by atoms with Gasteiger partial charge in [0.2, 0.25) is 0 Å². The fraction of sp³-hybridized carbons (Fsp3) is 0. The Labute approximate surface area is 151 Å². The summed E-state index contributed by atoms with van der Waals surface area (Å²) in [6.45, 7) is 0. The topological polar surface area (TPSA) is 121 Å². The molecule has 0 aliphatic rings. The van der Waals surface area contributed by atoms with Crippen LogP contribution in [0.1, 0.15) is 20.7 Å². The number of benzene rings is 2. The van der Waals surface area contributed by atoms with E-state index in [0.29, 0.717) is 0 Å². The number of rotatable bonds is 2. The molecule has 0 spiro atoms.